The average molecular weight is 293 g/mol. The molecule has 7 heteroatoms. The quantitative estimate of drug-likeness (QED) is 0.440. The number of nitrogens with zero attached hydrogens (tertiary/aromatic N) is 1. The van der Waals surface area contributed by atoms with E-state index in [-0.39, 0.29) is 11.7 Å². The molecular formula is C14H19N3O4. The number of ether oxygens (including phenoxy) is 1. The Kier molecular flexibility index (Phi) is 6.19. The van der Waals surface area contributed by atoms with Gasteiger partial charge in [-0.3, -0.25) is 4.79 Å². The van der Waals surface area contributed by atoms with Crippen LogP contribution in [0.4, 0.5) is 10.5 Å². The number of aromatic hydroxyl groups is 1. The van der Waals surface area contributed by atoms with Crippen molar-refractivity contribution in [1.82, 2.24) is 5.43 Å². The zero-order valence-electron chi connectivity index (χ0n) is 12.3. The van der Waals surface area contributed by atoms with Gasteiger partial charge in [0.2, 0.25) is 5.91 Å². The number of phenols is 1. The molecule has 7 nitrogen and oxygen atoms in total. The summed E-state index contributed by atoms with van der Waals surface area (Å²) < 4.78 is 4.39. The summed E-state index contributed by atoms with van der Waals surface area (Å²) in [6, 6.07) is 4.63. The second-order valence-corrected chi connectivity index (χ2v) is 4.33. The highest BCUT2D eigenvalue weighted by atomic mass is 16.5. The first kappa shape index (κ1) is 16.5. The van der Waals surface area contributed by atoms with Crippen molar-refractivity contribution in [3.05, 3.63) is 23.8 Å². The van der Waals surface area contributed by atoms with E-state index < -0.39 is 6.09 Å². The van der Waals surface area contributed by atoms with Crippen LogP contribution in [0.3, 0.4) is 0 Å². The number of carbonyl (C=O) groups is 2. The van der Waals surface area contributed by atoms with Crippen LogP contribution in [0.2, 0.25) is 0 Å². The molecule has 0 radical (unpaired) electrons. The smallest absolute Gasteiger partial charge is 0.427 e. The second kappa shape index (κ2) is 7.88. The standard InChI is InChI=1S/C14H19N3O4/c1-4-5-13(19)15-10-6-7-12(18)11(8-10)9(2)16-17-14(20)21-3/h6-8,18H,4-5H2,1-3H3,(H,15,19)(H,17,20)/b16-9+. The number of hydrazone groups is 1. The Balaban J connectivity index is 2.91. The predicted molar refractivity (Wildman–Crippen MR) is 79.4 cm³/mol. The Morgan fingerprint density at radius 1 is 1.38 bits per heavy atom. The Bertz CT molecular complexity index is 555. The number of nitrogens with one attached hydrogen (secondary N) is 2. The van der Waals surface area contributed by atoms with Crippen LogP contribution in [0.1, 0.15) is 32.3 Å². The summed E-state index contributed by atoms with van der Waals surface area (Å²) in [5, 5.41) is 16.4. The molecule has 0 bridgehead atoms. The number of phenolic OH excluding ortho intramolecular Hbond substituents is 1. The maximum Gasteiger partial charge on any atom is 0.427 e. The van der Waals surface area contributed by atoms with Crippen molar-refractivity contribution in [2.45, 2.75) is 26.7 Å². The molecule has 0 fully saturated rings. The fraction of sp³-hybridized carbons (Fsp3) is 0.357. The SMILES string of the molecule is CCCC(=O)Nc1ccc(O)c(/C(C)=N/NC(=O)OC)c1. The van der Waals surface area contributed by atoms with E-state index in [2.05, 4.69) is 20.6 Å². The Labute approximate surface area is 123 Å². The van der Waals surface area contributed by atoms with Crippen LogP contribution in [-0.2, 0) is 9.53 Å². The van der Waals surface area contributed by atoms with Crippen molar-refractivity contribution >= 4 is 23.4 Å². The van der Waals surface area contributed by atoms with Crippen LogP contribution in [0.25, 0.3) is 0 Å². The molecule has 21 heavy (non-hydrogen) atoms. The maximum atomic E-state index is 11.6. The van der Waals surface area contributed by atoms with Crippen molar-refractivity contribution in [3.63, 3.8) is 0 Å². The van der Waals surface area contributed by atoms with Crippen LogP contribution in [-0.4, -0.2) is 29.9 Å². The van der Waals surface area contributed by atoms with Crippen molar-refractivity contribution in [2.24, 2.45) is 5.10 Å². The highest BCUT2D eigenvalue weighted by Gasteiger charge is 2.09. The van der Waals surface area contributed by atoms with Crippen LogP contribution in [0.15, 0.2) is 23.3 Å². The lowest BCUT2D eigenvalue weighted by Gasteiger charge is -2.09. The van der Waals surface area contributed by atoms with Gasteiger partial charge in [0.05, 0.1) is 12.8 Å². The van der Waals surface area contributed by atoms with Gasteiger partial charge < -0.3 is 15.2 Å². The van der Waals surface area contributed by atoms with E-state index in [1.807, 2.05) is 6.92 Å². The van der Waals surface area contributed by atoms with E-state index in [9.17, 15) is 14.7 Å². The van der Waals surface area contributed by atoms with Crippen molar-refractivity contribution in [1.29, 1.82) is 0 Å². The minimum atomic E-state index is -0.707. The van der Waals surface area contributed by atoms with Gasteiger partial charge in [0.25, 0.3) is 0 Å². The average Bonchev–Trinajstić information content (AvgIpc) is 2.46. The predicted octanol–water partition coefficient (Wildman–Crippen LogP) is 2.21. The van der Waals surface area contributed by atoms with Gasteiger partial charge >= 0.3 is 6.09 Å². The van der Waals surface area contributed by atoms with Crippen LogP contribution in [0.5, 0.6) is 5.75 Å². The summed E-state index contributed by atoms with van der Waals surface area (Å²) in [5.74, 6) is -0.104. The largest absolute Gasteiger partial charge is 0.507 e. The topological polar surface area (TPSA) is 100 Å². The normalized spacial score (nSPS) is 10.9. The van der Waals surface area contributed by atoms with E-state index >= 15 is 0 Å². The third kappa shape index (κ3) is 5.13. The molecule has 0 aliphatic carbocycles. The van der Waals surface area contributed by atoms with Gasteiger partial charge in [0, 0.05) is 17.7 Å². The van der Waals surface area contributed by atoms with Gasteiger partial charge in [-0.15, -0.1) is 0 Å². The number of hydrogen-bond acceptors (Lipinski definition) is 5. The molecule has 1 aromatic carbocycles. The molecule has 1 rings (SSSR count). The third-order valence-corrected chi connectivity index (χ3v) is 2.65. The number of amides is 2. The Morgan fingerprint density at radius 3 is 2.71 bits per heavy atom. The molecule has 0 spiro atoms. The third-order valence-electron chi connectivity index (χ3n) is 2.65. The summed E-state index contributed by atoms with van der Waals surface area (Å²) >= 11 is 0. The first-order chi connectivity index (χ1) is 9.97. The van der Waals surface area contributed by atoms with E-state index in [1.165, 1.54) is 13.2 Å². The molecule has 0 heterocycles. The lowest BCUT2D eigenvalue weighted by Crippen LogP contribution is -2.18. The zero-order chi connectivity index (χ0) is 15.8. The summed E-state index contributed by atoms with van der Waals surface area (Å²) in [6.07, 6.45) is 0.467. The minimum absolute atomic E-state index is 0.00333. The molecule has 0 atom stereocenters. The number of carbonyl (C=O) groups excluding carboxylic acids is 2. The first-order valence-corrected chi connectivity index (χ1v) is 6.49. The molecule has 1 aromatic rings. The minimum Gasteiger partial charge on any atom is -0.507 e. The van der Waals surface area contributed by atoms with Gasteiger partial charge in [-0.05, 0) is 31.5 Å². The monoisotopic (exact) mass is 293 g/mol. The highest BCUT2D eigenvalue weighted by Crippen LogP contribution is 2.22. The molecule has 2 amide bonds. The van der Waals surface area contributed by atoms with E-state index in [1.54, 1.807) is 19.1 Å². The van der Waals surface area contributed by atoms with Crippen molar-refractivity contribution in [2.75, 3.05) is 12.4 Å². The van der Waals surface area contributed by atoms with Gasteiger partial charge in [0.1, 0.15) is 5.75 Å². The fourth-order valence-corrected chi connectivity index (χ4v) is 1.59. The molecule has 0 unspecified atom stereocenters. The molecular weight excluding hydrogens is 274 g/mol. The molecule has 0 aliphatic rings. The molecule has 3 N–H and O–H groups in total. The van der Waals surface area contributed by atoms with Gasteiger partial charge in [-0.25, -0.2) is 10.2 Å². The second-order valence-electron chi connectivity index (χ2n) is 4.33. The lowest BCUT2D eigenvalue weighted by atomic mass is 10.1. The number of rotatable bonds is 5. The van der Waals surface area contributed by atoms with E-state index in [0.717, 1.165) is 6.42 Å². The molecule has 0 saturated heterocycles. The van der Waals surface area contributed by atoms with Crippen LogP contribution in [0, 0.1) is 0 Å². The first-order valence-electron chi connectivity index (χ1n) is 6.49. The molecule has 0 aromatic heterocycles. The van der Waals surface area contributed by atoms with Gasteiger partial charge in [-0.2, -0.15) is 5.10 Å². The molecule has 0 aliphatic heterocycles. The Morgan fingerprint density at radius 2 is 2.10 bits per heavy atom. The summed E-state index contributed by atoms with van der Waals surface area (Å²) in [6.45, 7) is 3.53. The van der Waals surface area contributed by atoms with Crippen LogP contribution < -0.4 is 10.7 Å². The summed E-state index contributed by atoms with van der Waals surface area (Å²) in [4.78, 5) is 22.5. The summed E-state index contributed by atoms with van der Waals surface area (Å²) in [7, 11) is 1.22. The summed E-state index contributed by atoms with van der Waals surface area (Å²) in [5.41, 5.74) is 3.50. The lowest BCUT2D eigenvalue weighted by molar-refractivity contribution is -0.116. The Hall–Kier alpha value is -2.57. The van der Waals surface area contributed by atoms with Crippen molar-refractivity contribution < 1.29 is 19.4 Å². The number of hydrogen-bond donors (Lipinski definition) is 3. The maximum absolute atomic E-state index is 11.6. The van der Waals surface area contributed by atoms with E-state index in [0.29, 0.717) is 23.4 Å². The van der Waals surface area contributed by atoms with Gasteiger partial charge in [-0.1, -0.05) is 6.92 Å². The number of anilines is 1. The fourth-order valence-electron chi connectivity index (χ4n) is 1.59. The van der Waals surface area contributed by atoms with Crippen molar-refractivity contribution in [3.8, 4) is 5.75 Å². The zero-order valence-corrected chi connectivity index (χ0v) is 12.3. The number of benzene rings is 1. The molecule has 0 saturated carbocycles. The van der Waals surface area contributed by atoms with E-state index in [4.69, 9.17) is 0 Å². The highest BCUT2D eigenvalue weighted by molar-refractivity contribution is 6.03. The van der Waals surface area contributed by atoms with Crippen LogP contribution >= 0.6 is 0 Å². The number of methoxy groups -OCH3 is 1. The molecule has 114 valence electrons. The van der Waals surface area contributed by atoms with Gasteiger partial charge in [0.15, 0.2) is 0 Å².